The SMILES string of the molecule is CNC(CCC(C)C)c1ccc(C)s1. The Balaban J connectivity index is 2.54. The first-order valence-electron chi connectivity index (χ1n) is 5.37. The van der Waals surface area contributed by atoms with E-state index in [1.165, 1.54) is 22.6 Å². The summed E-state index contributed by atoms with van der Waals surface area (Å²) in [6.07, 6.45) is 2.54. The van der Waals surface area contributed by atoms with Crippen molar-refractivity contribution in [3.05, 3.63) is 21.9 Å². The molecule has 0 radical (unpaired) electrons. The van der Waals surface area contributed by atoms with E-state index in [4.69, 9.17) is 0 Å². The molecule has 80 valence electrons. The van der Waals surface area contributed by atoms with Crippen molar-refractivity contribution in [3.8, 4) is 0 Å². The highest BCUT2D eigenvalue weighted by Crippen LogP contribution is 2.26. The third kappa shape index (κ3) is 3.43. The number of aryl methyl sites for hydroxylation is 1. The zero-order chi connectivity index (χ0) is 10.6. The minimum Gasteiger partial charge on any atom is -0.312 e. The second kappa shape index (κ2) is 5.52. The van der Waals surface area contributed by atoms with Gasteiger partial charge in [0.2, 0.25) is 0 Å². The molecule has 14 heavy (non-hydrogen) atoms. The summed E-state index contributed by atoms with van der Waals surface area (Å²) in [5.74, 6) is 0.798. The number of rotatable bonds is 5. The number of nitrogens with one attached hydrogen (secondary N) is 1. The summed E-state index contributed by atoms with van der Waals surface area (Å²) in [7, 11) is 2.06. The van der Waals surface area contributed by atoms with Crippen molar-refractivity contribution < 1.29 is 0 Å². The van der Waals surface area contributed by atoms with Crippen LogP contribution in [0.15, 0.2) is 12.1 Å². The predicted molar refractivity (Wildman–Crippen MR) is 64.9 cm³/mol. The summed E-state index contributed by atoms with van der Waals surface area (Å²) in [6, 6.07) is 5.01. The lowest BCUT2D eigenvalue weighted by molar-refractivity contribution is 0.469. The molecule has 1 N–H and O–H groups in total. The molecule has 1 heterocycles. The average molecular weight is 211 g/mol. The summed E-state index contributed by atoms with van der Waals surface area (Å²) >= 11 is 1.91. The van der Waals surface area contributed by atoms with E-state index in [0.717, 1.165) is 5.92 Å². The molecule has 1 aromatic heterocycles. The molecule has 1 aromatic rings. The molecule has 1 rings (SSSR count). The van der Waals surface area contributed by atoms with Crippen molar-refractivity contribution in [2.75, 3.05) is 7.05 Å². The van der Waals surface area contributed by atoms with Gasteiger partial charge < -0.3 is 5.32 Å². The van der Waals surface area contributed by atoms with Crippen LogP contribution in [0.3, 0.4) is 0 Å². The van der Waals surface area contributed by atoms with E-state index in [2.05, 4.69) is 45.3 Å². The molecule has 1 nitrogen and oxygen atoms in total. The van der Waals surface area contributed by atoms with Crippen LogP contribution >= 0.6 is 11.3 Å². The van der Waals surface area contributed by atoms with E-state index in [1.807, 2.05) is 11.3 Å². The largest absolute Gasteiger partial charge is 0.312 e. The van der Waals surface area contributed by atoms with E-state index < -0.39 is 0 Å². The van der Waals surface area contributed by atoms with Gasteiger partial charge in [-0.05, 0) is 44.9 Å². The first-order valence-corrected chi connectivity index (χ1v) is 6.18. The maximum absolute atomic E-state index is 3.40. The quantitative estimate of drug-likeness (QED) is 0.782. The first-order chi connectivity index (χ1) is 6.63. The molecule has 0 saturated heterocycles. The molecule has 0 saturated carbocycles. The molecule has 0 amide bonds. The lowest BCUT2D eigenvalue weighted by Crippen LogP contribution is -2.15. The zero-order valence-electron chi connectivity index (χ0n) is 9.63. The highest BCUT2D eigenvalue weighted by atomic mass is 32.1. The van der Waals surface area contributed by atoms with Crippen molar-refractivity contribution >= 4 is 11.3 Å². The Bertz CT molecular complexity index is 265. The molecule has 0 spiro atoms. The Kier molecular flexibility index (Phi) is 4.63. The van der Waals surface area contributed by atoms with E-state index in [0.29, 0.717) is 6.04 Å². The van der Waals surface area contributed by atoms with E-state index in [9.17, 15) is 0 Å². The molecule has 0 aliphatic rings. The van der Waals surface area contributed by atoms with Crippen LogP contribution in [0.5, 0.6) is 0 Å². The Hall–Kier alpha value is -0.340. The van der Waals surface area contributed by atoms with Crippen LogP contribution in [0.25, 0.3) is 0 Å². The topological polar surface area (TPSA) is 12.0 Å². The number of hydrogen-bond donors (Lipinski definition) is 1. The lowest BCUT2D eigenvalue weighted by atomic mass is 10.0. The molecule has 0 fully saturated rings. The summed E-state index contributed by atoms with van der Waals surface area (Å²) < 4.78 is 0. The van der Waals surface area contributed by atoms with Crippen LogP contribution in [-0.2, 0) is 0 Å². The summed E-state index contributed by atoms with van der Waals surface area (Å²) in [6.45, 7) is 6.74. The molecular formula is C12H21NS. The van der Waals surface area contributed by atoms with Crippen LogP contribution in [-0.4, -0.2) is 7.05 Å². The van der Waals surface area contributed by atoms with Crippen molar-refractivity contribution in [1.29, 1.82) is 0 Å². The average Bonchev–Trinajstić information content (AvgIpc) is 2.53. The number of thiophene rings is 1. The van der Waals surface area contributed by atoms with Crippen LogP contribution in [0.1, 0.15) is 42.5 Å². The Morgan fingerprint density at radius 1 is 1.29 bits per heavy atom. The van der Waals surface area contributed by atoms with Crippen molar-refractivity contribution in [3.63, 3.8) is 0 Å². The van der Waals surface area contributed by atoms with E-state index in [-0.39, 0.29) is 0 Å². The highest BCUT2D eigenvalue weighted by Gasteiger charge is 2.11. The van der Waals surface area contributed by atoms with Crippen molar-refractivity contribution in [1.82, 2.24) is 5.32 Å². The Morgan fingerprint density at radius 2 is 2.00 bits per heavy atom. The van der Waals surface area contributed by atoms with Gasteiger partial charge in [0.25, 0.3) is 0 Å². The van der Waals surface area contributed by atoms with Gasteiger partial charge in [-0.1, -0.05) is 13.8 Å². The normalized spacial score (nSPS) is 13.5. The zero-order valence-corrected chi connectivity index (χ0v) is 10.4. The van der Waals surface area contributed by atoms with Gasteiger partial charge in [0.05, 0.1) is 0 Å². The summed E-state index contributed by atoms with van der Waals surface area (Å²) in [5, 5.41) is 3.40. The summed E-state index contributed by atoms with van der Waals surface area (Å²) in [5.41, 5.74) is 0. The van der Waals surface area contributed by atoms with Gasteiger partial charge in [-0.15, -0.1) is 11.3 Å². The molecule has 0 aliphatic heterocycles. The molecular weight excluding hydrogens is 190 g/mol. The molecule has 0 bridgehead atoms. The third-order valence-electron chi connectivity index (χ3n) is 2.49. The van der Waals surface area contributed by atoms with Crippen LogP contribution in [0, 0.1) is 12.8 Å². The molecule has 0 aliphatic carbocycles. The van der Waals surface area contributed by atoms with E-state index >= 15 is 0 Å². The van der Waals surface area contributed by atoms with Gasteiger partial charge in [-0.2, -0.15) is 0 Å². The second-order valence-corrected chi connectivity index (χ2v) is 5.58. The Labute approximate surface area is 91.5 Å². The smallest absolute Gasteiger partial charge is 0.0412 e. The summed E-state index contributed by atoms with van der Waals surface area (Å²) in [4.78, 5) is 2.88. The van der Waals surface area contributed by atoms with Gasteiger partial charge in [0, 0.05) is 15.8 Å². The standard InChI is InChI=1S/C12H21NS/c1-9(2)5-7-11(13-4)12-8-6-10(3)14-12/h6,8-9,11,13H,5,7H2,1-4H3. The maximum Gasteiger partial charge on any atom is 0.0412 e. The Morgan fingerprint density at radius 3 is 2.43 bits per heavy atom. The fourth-order valence-corrected chi connectivity index (χ4v) is 2.59. The lowest BCUT2D eigenvalue weighted by Gasteiger charge is -2.15. The van der Waals surface area contributed by atoms with Crippen LogP contribution < -0.4 is 5.32 Å². The highest BCUT2D eigenvalue weighted by molar-refractivity contribution is 7.12. The fourth-order valence-electron chi connectivity index (χ4n) is 1.57. The maximum atomic E-state index is 3.40. The molecule has 2 heteroatoms. The van der Waals surface area contributed by atoms with Gasteiger partial charge in [-0.3, -0.25) is 0 Å². The second-order valence-electron chi connectivity index (χ2n) is 4.26. The third-order valence-corrected chi connectivity index (χ3v) is 3.60. The molecule has 1 unspecified atom stereocenters. The minimum atomic E-state index is 0.552. The predicted octanol–water partition coefficient (Wildman–Crippen LogP) is 3.75. The van der Waals surface area contributed by atoms with Gasteiger partial charge in [0.1, 0.15) is 0 Å². The van der Waals surface area contributed by atoms with Crippen molar-refractivity contribution in [2.45, 2.75) is 39.7 Å². The fraction of sp³-hybridized carbons (Fsp3) is 0.667. The van der Waals surface area contributed by atoms with E-state index in [1.54, 1.807) is 0 Å². The van der Waals surface area contributed by atoms with Crippen LogP contribution in [0.4, 0.5) is 0 Å². The number of hydrogen-bond acceptors (Lipinski definition) is 2. The monoisotopic (exact) mass is 211 g/mol. The molecule has 0 aromatic carbocycles. The van der Waals surface area contributed by atoms with Gasteiger partial charge >= 0.3 is 0 Å². The van der Waals surface area contributed by atoms with Gasteiger partial charge in [-0.25, -0.2) is 0 Å². The van der Waals surface area contributed by atoms with Crippen LogP contribution in [0.2, 0.25) is 0 Å². The first kappa shape index (κ1) is 11.7. The van der Waals surface area contributed by atoms with Crippen molar-refractivity contribution in [2.24, 2.45) is 5.92 Å². The molecule has 1 atom stereocenters. The minimum absolute atomic E-state index is 0.552. The van der Waals surface area contributed by atoms with Gasteiger partial charge in [0.15, 0.2) is 0 Å².